The first kappa shape index (κ1) is 22.2. The number of ether oxygens (including phenoxy) is 1. The van der Waals surface area contributed by atoms with Gasteiger partial charge in [0.25, 0.3) is 0 Å². The van der Waals surface area contributed by atoms with Gasteiger partial charge in [-0.3, -0.25) is 0 Å². The lowest BCUT2D eigenvalue weighted by Gasteiger charge is -2.33. The number of fused-ring (bicyclic) bond motifs is 2. The Hall–Kier alpha value is -3.63. The number of carboxylic acid groups (broad SMARTS) is 1. The molecule has 1 aliphatic heterocycles. The van der Waals surface area contributed by atoms with E-state index in [4.69, 9.17) is 4.74 Å². The third-order valence-electron chi connectivity index (χ3n) is 6.91. The molecule has 0 aromatic heterocycles. The molecule has 0 fully saturated rings. The second kappa shape index (κ2) is 9.32. The molecule has 0 amide bonds. The van der Waals surface area contributed by atoms with Gasteiger partial charge in [0.05, 0.1) is 5.56 Å². The van der Waals surface area contributed by atoms with Crippen molar-refractivity contribution < 1.29 is 14.6 Å². The summed E-state index contributed by atoms with van der Waals surface area (Å²) in [5, 5.41) is 15.6. The van der Waals surface area contributed by atoms with E-state index in [-0.39, 0.29) is 18.1 Å². The molecule has 4 heteroatoms. The Morgan fingerprint density at radius 2 is 1.79 bits per heavy atom. The highest BCUT2D eigenvalue weighted by Gasteiger charge is 2.30. The topological polar surface area (TPSA) is 58.6 Å². The van der Waals surface area contributed by atoms with Crippen LogP contribution in [0.15, 0.2) is 84.9 Å². The number of carboxylic acids is 1. The fraction of sp³-hybridized carbons (Fsp3) is 0.233. The second-order valence-electron chi connectivity index (χ2n) is 9.14. The van der Waals surface area contributed by atoms with Gasteiger partial charge in [0, 0.05) is 24.1 Å². The van der Waals surface area contributed by atoms with Gasteiger partial charge in [-0.25, -0.2) is 4.79 Å². The van der Waals surface area contributed by atoms with Crippen molar-refractivity contribution >= 4 is 16.7 Å². The van der Waals surface area contributed by atoms with Crippen LogP contribution < -0.4 is 10.1 Å². The van der Waals surface area contributed by atoms with Crippen LogP contribution in [-0.2, 0) is 0 Å². The number of aromatic carboxylic acids is 1. The standard InChI is InChI=1S/C30H29NO3/c1-19-16-22(14-15-24(19)30(32)33)28-17-23(34-29-13-6-5-11-27(28)29)18-31-20(2)25-12-7-9-21-8-3-4-10-26(21)25/h3-16,20,23,28,31H,17-18H2,1-2H3,(H,32,33)/t20-,23-,28-/m1/s1. The van der Waals surface area contributed by atoms with Gasteiger partial charge in [-0.1, -0.05) is 72.8 Å². The van der Waals surface area contributed by atoms with Crippen molar-refractivity contribution in [3.63, 3.8) is 0 Å². The van der Waals surface area contributed by atoms with E-state index >= 15 is 0 Å². The minimum absolute atomic E-state index is 0.0109. The first-order chi connectivity index (χ1) is 16.5. The van der Waals surface area contributed by atoms with E-state index in [1.165, 1.54) is 16.3 Å². The zero-order chi connectivity index (χ0) is 23.7. The summed E-state index contributed by atoms with van der Waals surface area (Å²) >= 11 is 0. The normalized spacial score (nSPS) is 18.2. The Kier molecular flexibility index (Phi) is 6.08. The van der Waals surface area contributed by atoms with Crippen molar-refractivity contribution in [1.29, 1.82) is 0 Å². The number of para-hydroxylation sites is 1. The molecule has 0 unspecified atom stereocenters. The maximum atomic E-state index is 11.5. The van der Waals surface area contributed by atoms with Gasteiger partial charge in [-0.2, -0.15) is 0 Å². The van der Waals surface area contributed by atoms with Gasteiger partial charge in [0.1, 0.15) is 11.9 Å². The van der Waals surface area contributed by atoms with Crippen LogP contribution >= 0.6 is 0 Å². The molecular weight excluding hydrogens is 422 g/mol. The summed E-state index contributed by atoms with van der Waals surface area (Å²) in [7, 11) is 0. The summed E-state index contributed by atoms with van der Waals surface area (Å²) < 4.78 is 6.39. The highest BCUT2D eigenvalue weighted by Crippen LogP contribution is 2.40. The second-order valence-corrected chi connectivity index (χ2v) is 9.14. The summed E-state index contributed by atoms with van der Waals surface area (Å²) in [5.41, 5.74) is 4.71. The van der Waals surface area contributed by atoms with Crippen molar-refractivity contribution in [3.8, 4) is 5.75 Å². The highest BCUT2D eigenvalue weighted by atomic mass is 16.5. The molecule has 5 rings (SSSR count). The summed E-state index contributed by atoms with van der Waals surface area (Å²) in [6.45, 7) is 4.79. The fourth-order valence-electron chi connectivity index (χ4n) is 5.12. The fourth-order valence-corrected chi connectivity index (χ4v) is 5.12. The minimum atomic E-state index is -0.888. The lowest BCUT2D eigenvalue weighted by Crippen LogP contribution is -2.37. The van der Waals surface area contributed by atoms with Gasteiger partial charge in [0.2, 0.25) is 0 Å². The van der Waals surface area contributed by atoms with Gasteiger partial charge >= 0.3 is 5.97 Å². The maximum Gasteiger partial charge on any atom is 0.335 e. The largest absolute Gasteiger partial charge is 0.489 e. The Morgan fingerprint density at radius 1 is 1.03 bits per heavy atom. The van der Waals surface area contributed by atoms with Crippen LogP contribution in [0.3, 0.4) is 0 Å². The lowest BCUT2D eigenvalue weighted by molar-refractivity contribution is 0.0696. The molecule has 0 radical (unpaired) electrons. The van der Waals surface area contributed by atoms with E-state index in [1.807, 2.05) is 37.3 Å². The number of benzene rings is 4. The molecule has 4 aromatic carbocycles. The van der Waals surface area contributed by atoms with Crippen molar-refractivity contribution in [2.45, 2.75) is 38.3 Å². The Bertz CT molecular complexity index is 1340. The molecule has 4 nitrogen and oxygen atoms in total. The Balaban J connectivity index is 1.37. The van der Waals surface area contributed by atoms with Gasteiger partial charge < -0.3 is 15.2 Å². The van der Waals surface area contributed by atoms with Gasteiger partial charge in [-0.15, -0.1) is 0 Å². The first-order valence-electron chi connectivity index (χ1n) is 11.8. The summed E-state index contributed by atoms with van der Waals surface area (Å²) in [6.07, 6.45) is 0.842. The Labute approximate surface area is 200 Å². The smallest absolute Gasteiger partial charge is 0.335 e. The van der Waals surface area contributed by atoms with E-state index in [9.17, 15) is 9.90 Å². The van der Waals surface area contributed by atoms with Crippen LogP contribution in [0.5, 0.6) is 5.75 Å². The molecule has 0 saturated carbocycles. The van der Waals surface area contributed by atoms with E-state index in [1.54, 1.807) is 6.07 Å². The van der Waals surface area contributed by atoms with Crippen molar-refractivity contribution in [2.75, 3.05) is 6.54 Å². The number of rotatable bonds is 6. The summed E-state index contributed by atoms with van der Waals surface area (Å²) in [4.78, 5) is 11.5. The quantitative estimate of drug-likeness (QED) is 0.352. The number of hydrogen-bond acceptors (Lipinski definition) is 3. The molecule has 34 heavy (non-hydrogen) atoms. The van der Waals surface area contributed by atoms with E-state index in [2.05, 4.69) is 60.8 Å². The molecule has 0 aliphatic carbocycles. The maximum absolute atomic E-state index is 11.5. The van der Waals surface area contributed by atoms with Crippen LogP contribution in [0, 0.1) is 6.92 Å². The third kappa shape index (κ3) is 4.29. The van der Waals surface area contributed by atoms with Gasteiger partial charge in [-0.05, 0) is 59.9 Å². The monoisotopic (exact) mass is 451 g/mol. The van der Waals surface area contributed by atoms with E-state index in [0.29, 0.717) is 5.56 Å². The lowest BCUT2D eigenvalue weighted by atomic mass is 9.83. The number of carbonyl (C=O) groups is 1. The summed E-state index contributed by atoms with van der Waals surface area (Å²) in [5.74, 6) is 0.176. The SMILES string of the molecule is Cc1cc([C@H]2C[C@H](CN[C@H](C)c3cccc4ccccc34)Oc3ccccc32)ccc1C(=O)O. The van der Waals surface area contributed by atoms with Crippen LogP contribution in [0.2, 0.25) is 0 Å². The zero-order valence-electron chi connectivity index (χ0n) is 19.5. The van der Waals surface area contributed by atoms with Crippen molar-refractivity contribution in [3.05, 3.63) is 113 Å². The van der Waals surface area contributed by atoms with Crippen LogP contribution in [-0.4, -0.2) is 23.7 Å². The Morgan fingerprint density at radius 3 is 2.62 bits per heavy atom. The van der Waals surface area contributed by atoms with Gasteiger partial charge in [0.15, 0.2) is 0 Å². The average Bonchev–Trinajstić information content (AvgIpc) is 2.86. The zero-order valence-corrected chi connectivity index (χ0v) is 19.5. The van der Waals surface area contributed by atoms with E-state index < -0.39 is 5.97 Å². The molecular formula is C30H29NO3. The van der Waals surface area contributed by atoms with E-state index in [0.717, 1.165) is 35.4 Å². The van der Waals surface area contributed by atoms with Crippen LogP contribution in [0.4, 0.5) is 0 Å². The predicted octanol–water partition coefficient (Wildman–Crippen LogP) is 6.48. The molecule has 2 N–H and O–H groups in total. The molecule has 3 atom stereocenters. The number of hydrogen-bond donors (Lipinski definition) is 2. The number of nitrogens with one attached hydrogen (secondary N) is 1. The van der Waals surface area contributed by atoms with Crippen molar-refractivity contribution in [1.82, 2.24) is 5.32 Å². The summed E-state index contributed by atoms with van der Waals surface area (Å²) in [6, 6.07) is 29.0. The molecule has 1 heterocycles. The average molecular weight is 452 g/mol. The molecule has 172 valence electrons. The molecule has 0 bridgehead atoms. The van der Waals surface area contributed by atoms with Crippen LogP contribution in [0.1, 0.15) is 57.9 Å². The number of aryl methyl sites for hydroxylation is 1. The molecule has 0 spiro atoms. The molecule has 1 aliphatic rings. The molecule has 4 aromatic rings. The first-order valence-corrected chi connectivity index (χ1v) is 11.8. The third-order valence-corrected chi connectivity index (χ3v) is 6.91. The molecule has 0 saturated heterocycles. The van der Waals surface area contributed by atoms with Crippen LogP contribution in [0.25, 0.3) is 10.8 Å². The minimum Gasteiger partial charge on any atom is -0.489 e. The predicted molar refractivity (Wildman–Crippen MR) is 136 cm³/mol. The highest BCUT2D eigenvalue weighted by molar-refractivity contribution is 5.89. The van der Waals surface area contributed by atoms with Crippen molar-refractivity contribution in [2.24, 2.45) is 0 Å².